The maximum atomic E-state index is 12.3. The molecule has 2 heterocycles. The van der Waals surface area contributed by atoms with Crippen LogP contribution in [0, 0.1) is 5.92 Å². The topological polar surface area (TPSA) is 76.1 Å². The van der Waals surface area contributed by atoms with Crippen molar-refractivity contribution in [2.75, 3.05) is 19.7 Å². The standard InChI is InChI=1S/C18H23NO5/c1-18(2,3)24-17(22)19-9-13(14(10-19)16(20)21)11-4-5-15-12(8-11)6-7-23-15/h4-5,8,13-14H,6-7,9-10H2,1-3H3,(H,20,21)/t13-,14+/m1/s1. The van der Waals surface area contributed by atoms with Crippen LogP contribution in [0.3, 0.4) is 0 Å². The van der Waals surface area contributed by atoms with Gasteiger partial charge in [0.2, 0.25) is 0 Å². The van der Waals surface area contributed by atoms with E-state index in [2.05, 4.69) is 0 Å². The van der Waals surface area contributed by atoms with E-state index in [4.69, 9.17) is 9.47 Å². The highest BCUT2D eigenvalue weighted by Crippen LogP contribution is 2.36. The summed E-state index contributed by atoms with van der Waals surface area (Å²) < 4.78 is 10.9. The van der Waals surface area contributed by atoms with Gasteiger partial charge in [-0.3, -0.25) is 4.79 Å². The molecule has 24 heavy (non-hydrogen) atoms. The van der Waals surface area contributed by atoms with Gasteiger partial charge in [-0.2, -0.15) is 0 Å². The van der Waals surface area contributed by atoms with Crippen LogP contribution in [0.2, 0.25) is 0 Å². The fourth-order valence-electron chi connectivity index (χ4n) is 3.30. The lowest BCUT2D eigenvalue weighted by Crippen LogP contribution is -2.35. The molecule has 0 spiro atoms. The Kier molecular flexibility index (Phi) is 4.15. The van der Waals surface area contributed by atoms with Crippen LogP contribution in [-0.2, 0) is 16.0 Å². The molecular formula is C18H23NO5. The zero-order valence-electron chi connectivity index (χ0n) is 14.2. The third-order valence-electron chi connectivity index (χ3n) is 4.43. The average Bonchev–Trinajstić information content (AvgIpc) is 3.11. The maximum Gasteiger partial charge on any atom is 0.410 e. The summed E-state index contributed by atoms with van der Waals surface area (Å²) in [7, 11) is 0. The lowest BCUT2D eigenvalue weighted by molar-refractivity contribution is -0.141. The largest absolute Gasteiger partial charge is 0.493 e. The number of nitrogens with zero attached hydrogens (tertiary/aromatic N) is 1. The van der Waals surface area contributed by atoms with Crippen molar-refractivity contribution in [1.82, 2.24) is 4.90 Å². The third kappa shape index (κ3) is 3.32. The Balaban J connectivity index is 1.81. The summed E-state index contributed by atoms with van der Waals surface area (Å²) in [6.45, 7) is 6.58. The molecule has 6 heteroatoms. The van der Waals surface area contributed by atoms with E-state index in [1.165, 1.54) is 4.90 Å². The van der Waals surface area contributed by atoms with E-state index in [0.717, 1.165) is 23.3 Å². The van der Waals surface area contributed by atoms with E-state index < -0.39 is 23.6 Å². The third-order valence-corrected chi connectivity index (χ3v) is 4.43. The van der Waals surface area contributed by atoms with Gasteiger partial charge in [0.15, 0.2) is 0 Å². The molecular weight excluding hydrogens is 310 g/mol. The highest BCUT2D eigenvalue weighted by atomic mass is 16.6. The van der Waals surface area contributed by atoms with Crippen LogP contribution in [-0.4, -0.2) is 47.4 Å². The number of hydrogen-bond acceptors (Lipinski definition) is 4. The predicted octanol–water partition coefficient (Wildman–Crippen LogP) is 2.66. The van der Waals surface area contributed by atoms with Crippen molar-refractivity contribution in [3.63, 3.8) is 0 Å². The van der Waals surface area contributed by atoms with Gasteiger partial charge in [0.1, 0.15) is 11.4 Å². The molecule has 1 fully saturated rings. The Labute approximate surface area is 141 Å². The molecule has 2 atom stereocenters. The van der Waals surface area contributed by atoms with E-state index in [9.17, 15) is 14.7 Å². The van der Waals surface area contributed by atoms with Crippen molar-refractivity contribution in [1.29, 1.82) is 0 Å². The van der Waals surface area contributed by atoms with E-state index in [1.807, 2.05) is 18.2 Å². The van der Waals surface area contributed by atoms with Crippen LogP contribution in [0.1, 0.15) is 37.8 Å². The Morgan fingerprint density at radius 3 is 2.71 bits per heavy atom. The minimum atomic E-state index is -0.886. The number of aliphatic carboxylic acids is 1. The van der Waals surface area contributed by atoms with Gasteiger partial charge < -0.3 is 19.5 Å². The zero-order valence-corrected chi connectivity index (χ0v) is 14.2. The first-order valence-electron chi connectivity index (χ1n) is 8.21. The Morgan fingerprint density at radius 2 is 2.04 bits per heavy atom. The van der Waals surface area contributed by atoms with Crippen LogP contribution in [0.25, 0.3) is 0 Å². The van der Waals surface area contributed by atoms with Crippen molar-refractivity contribution in [3.05, 3.63) is 29.3 Å². The quantitative estimate of drug-likeness (QED) is 0.900. The molecule has 2 aliphatic rings. The van der Waals surface area contributed by atoms with Crippen molar-refractivity contribution in [2.24, 2.45) is 5.92 Å². The summed E-state index contributed by atoms with van der Waals surface area (Å²) in [6, 6.07) is 5.82. The highest BCUT2D eigenvalue weighted by molar-refractivity contribution is 5.76. The molecule has 1 amide bonds. The number of ether oxygens (including phenoxy) is 2. The first kappa shape index (κ1) is 16.6. The minimum absolute atomic E-state index is 0.169. The summed E-state index contributed by atoms with van der Waals surface area (Å²) in [5.41, 5.74) is 1.45. The van der Waals surface area contributed by atoms with Gasteiger partial charge >= 0.3 is 12.1 Å². The molecule has 1 aromatic carbocycles. The minimum Gasteiger partial charge on any atom is -0.493 e. The molecule has 0 saturated carbocycles. The molecule has 3 rings (SSSR count). The number of likely N-dealkylation sites (tertiary alicyclic amines) is 1. The normalized spacial score (nSPS) is 22.9. The molecule has 0 unspecified atom stereocenters. The number of carbonyl (C=O) groups is 2. The Morgan fingerprint density at radius 1 is 1.29 bits per heavy atom. The molecule has 0 bridgehead atoms. The second-order valence-corrected chi connectivity index (χ2v) is 7.40. The number of fused-ring (bicyclic) bond motifs is 1. The summed E-state index contributed by atoms with van der Waals surface area (Å²) in [5, 5.41) is 9.57. The van der Waals surface area contributed by atoms with Crippen LogP contribution < -0.4 is 4.74 Å². The highest BCUT2D eigenvalue weighted by Gasteiger charge is 2.42. The molecule has 1 N–H and O–H groups in total. The smallest absolute Gasteiger partial charge is 0.410 e. The Hall–Kier alpha value is -2.24. The Bertz CT molecular complexity index is 664. The van der Waals surface area contributed by atoms with Gasteiger partial charge in [0.05, 0.1) is 12.5 Å². The summed E-state index contributed by atoms with van der Waals surface area (Å²) in [5.74, 6) is -0.880. The molecule has 0 aromatic heterocycles. The molecule has 1 saturated heterocycles. The van der Waals surface area contributed by atoms with Crippen molar-refractivity contribution < 1.29 is 24.2 Å². The van der Waals surface area contributed by atoms with Gasteiger partial charge in [-0.1, -0.05) is 12.1 Å². The maximum absolute atomic E-state index is 12.3. The first-order valence-corrected chi connectivity index (χ1v) is 8.21. The number of hydrogen-bond donors (Lipinski definition) is 1. The number of carbonyl (C=O) groups excluding carboxylic acids is 1. The van der Waals surface area contributed by atoms with Gasteiger partial charge in [-0.05, 0) is 38.0 Å². The van der Waals surface area contributed by atoms with Gasteiger partial charge in [-0.15, -0.1) is 0 Å². The van der Waals surface area contributed by atoms with Crippen molar-refractivity contribution in [2.45, 2.75) is 38.7 Å². The van der Waals surface area contributed by atoms with E-state index >= 15 is 0 Å². The lowest BCUT2D eigenvalue weighted by Gasteiger charge is -2.24. The van der Waals surface area contributed by atoms with Crippen molar-refractivity contribution in [3.8, 4) is 5.75 Å². The molecule has 0 aliphatic carbocycles. The van der Waals surface area contributed by atoms with Crippen LogP contribution in [0.4, 0.5) is 4.79 Å². The van der Waals surface area contributed by atoms with E-state index in [1.54, 1.807) is 20.8 Å². The lowest BCUT2D eigenvalue weighted by atomic mass is 9.88. The second-order valence-electron chi connectivity index (χ2n) is 7.40. The second kappa shape index (κ2) is 6.00. The molecule has 0 radical (unpaired) electrons. The number of benzene rings is 1. The van der Waals surface area contributed by atoms with Crippen LogP contribution in [0.5, 0.6) is 5.75 Å². The average molecular weight is 333 g/mol. The fraction of sp³-hybridized carbons (Fsp3) is 0.556. The number of carboxylic acid groups (broad SMARTS) is 1. The van der Waals surface area contributed by atoms with Crippen molar-refractivity contribution >= 4 is 12.1 Å². The van der Waals surface area contributed by atoms with Gasteiger partial charge in [0, 0.05) is 25.4 Å². The van der Waals surface area contributed by atoms with Crippen LogP contribution in [0.15, 0.2) is 18.2 Å². The summed E-state index contributed by atoms with van der Waals surface area (Å²) in [4.78, 5) is 25.5. The SMILES string of the molecule is CC(C)(C)OC(=O)N1C[C@H](C(=O)O)[C@@H](c2ccc3c(c2)CCO3)C1. The molecule has 130 valence electrons. The zero-order chi connectivity index (χ0) is 17.5. The predicted molar refractivity (Wildman–Crippen MR) is 87.3 cm³/mol. The monoisotopic (exact) mass is 333 g/mol. The molecule has 1 aromatic rings. The van der Waals surface area contributed by atoms with Gasteiger partial charge in [-0.25, -0.2) is 4.79 Å². The summed E-state index contributed by atoms with van der Waals surface area (Å²) in [6.07, 6.45) is 0.379. The fourth-order valence-corrected chi connectivity index (χ4v) is 3.30. The molecule has 2 aliphatic heterocycles. The summed E-state index contributed by atoms with van der Waals surface area (Å²) >= 11 is 0. The van der Waals surface area contributed by atoms with E-state index in [0.29, 0.717) is 13.2 Å². The molecule has 6 nitrogen and oxygen atoms in total. The number of carboxylic acids is 1. The number of rotatable bonds is 2. The first-order chi connectivity index (χ1) is 11.2. The number of amides is 1. The van der Waals surface area contributed by atoms with Gasteiger partial charge in [0.25, 0.3) is 0 Å². The van der Waals surface area contributed by atoms with E-state index in [-0.39, 0.29) is 12.5 Å². The van der Waals surface area contributed by atoms with Crippen LogP contribution >= 0.6 is 0 Å².